The van der Waals surface area contributed by atoms with E-state index in [-0.39, 0.29) is 31.2 Å². The van der Waals surface area contributed by atoms with Crippen LogP contribution in [0.5, 0.6) is 5.75 Å². The molecule has 1 rings (SSSR count). The minimum Gasteiger partial charge on any atom is -0.466 e. The number of hydrogen-bond acceptors (Lipinski definition) is 5. The third-order valence-electron chi connectivity index (χ3n) is 3.58. The monoisotopic (exact) mass is 390 g/mol. The molecule has 0 fully saturated rings. The van der Waals surface area contributed by atoms with Crippen LogP contribution in [0.25, 0.3) is 0 Å². The van der Waals surface area contributed by atoms with Crippen LogP contribution in [0.3, 0.4) is 0 Å². The molecule has 0 atom stereocenters. The van der Waals surface area contributed by atoms with Crippen LogP contribution in [0.2, 0.25) is 0 Å². The highest BCUT2D eigenvalue weighted by Crippen LogP contribution is 2.22. The Kier molecular flexibility index (Phi) is 10.3. The molecule has 0 heterocycles. The molecule has 0 N–H and O–H groups in total. The van der Waals surface area contributed by atoms with Gasteiger partial charge in [-0.05, 0) is 30.5 Å². The fourth-order valence-corrected chi connectivity index (χ4v) is 2.19. The normalized spacial score (nSPS) is 11.1. The molecule has 0 unspecified atom stereocenters. The second-order valence-electron chi connectivity index (χ2n) is 5.99. The van der Waals surface area contributed by atoms with Crippen molar-refractivity contribution in [2.24, 2.45) is 0 Å². The van der Waals surface area contributed by atoms with Gasteiger partial charge in [0.1, 0.15) is 12.4 Å². The van der Waals surface area contributed by atoms with Crippen molar-refractivity contribution < 1.29 is 37.0 Å². The quantitative estimate of drug-likeness (QED) is 0.374. The number of hydrogen-bond donors (Lipinski definition) is 0. The molecule has 0 aliphatic rings. The lowest BCUT2D eigenvalue weighted by Gasteiger charge is -2.09. The van der Waals surface area contributed by atoms with Crippen LogP contribution in [0, 0.1) is 0 Å². The Morgan fingerprint density at radius 1 is 0.889 bits per heavy atom. The van der Waals surface area contributed by atoms with Crippen molar-refractivity contribution in [3.8, 4) is 5.75 Å². The molecule has 0 amide bonds. The molecule has 0 radical (unpaired) electrons. The fourth-order valence-electron chi connectivity index (χ4n) is 2.19. The van der Waals surface area contributed by atoms with Crippen LogP contribution in [0.1, 0.15) is 57.4 Å². The van der Waals surface area contributed by atoms with Crippen molar-refractivity contribution in [3.63, 3.8) is 0 Å². The van der Waals surface area contributed by atoms with E-state index in [4.69, 9.17) is 9.47 Å². The zero-order chi connectivity index (χ0) is 20.1. The number of carbonyl (C=O) groups excluding carboxylic acids is 2. The lowest BCUT2D eigenvalue weighted by molar-refractivity contribution is -0.274. The number of carbonyl (C=O) groups is 2. The Morgan fingerprint density at radius 3 is 2.11 bits per heavy atom. The predicted octanol–water partition coefficient (Wildman–Crippen LogP) is 4.92. The zero-order valence-corrected chi connectivity index (χ0v) is 15.3. The first-order valence-corrected chi connectivity index (χ1v) is 8.96. The van der Waals surface area contributed by atoms with E-state index in [1.165, 1.54) is 12.1 Å². The number of ether oxygens (including phenoxy) is 3. The summed E-state index contributed by atoms with van der Waals surface area (Å²) < 4.78 is 50.0. The molecular formula is C19H25F3O5. The largest absolute Gasteiger partial charge is 0.573 e. The topological polar surface area (TPSA) is 61.8 Å². The van der Waals surface area contributed by atoms with Gasteiger partial charge in [-0.3, -0.25) is 9.59 Å². The van der Waals surface area contributed by atoms with Crippen LogP contribution in [-0.4, -0.2) is 24.9 Å². The molecule has 152 valence electrons. The Bertz CT molecular complexity index is 570. The van der Waals surface area contributed by atoms with Crippen molar-refractivity contribution in [1.82, 2.24) is 0 Å². The number of halogens is 3. The van der Waals surface area contributed by atoms with E-state index in [2.05, 4.69) is 11.7 Å². The first-order chi connectivity index (χ1) is 12.8. The van der Waals surface area contributed by atoms with Crippen LogP contribution >= 0.6 is 0 Å². The van der Waals surface area contributed by atoms with Crippen LogP contribution < -0.4 is 4.74 Å². The smallest absolute Gasteiger partial charge is 0.466 e. The second kappa shape index (κ2) is 12.2. The van der Waals surface area contributed by atoms with E-state index in [1.54, 1.807) is 0 Å². The van der Waals surface area contributed by atoms with Crippen molar-refractivity contribution in [3.05, 3.63) is 29.8 Å². The number of esters is 2. The lowest BCUT2D eigenvalue weighted by atomic mass is 10.2. The second-order valence-corrected chi connectivity index (χ2v) is 5.99. The van der Waals surface area contributed by atoms with Gasteiger partial charge in [0.2, 0.25) is 0 Å². The number of rotatable bonds is 12. The van der Waals surface area contributed by atoms with E-state index in [9.17, 15) is 22.8 Å². The van der Waals surface area contributed by atoms with E-state index in [0.717, 1.165) is 37.8 Å². The van der Waals surface area contributed by atoms with Gasteiger partial charge in [-0.2, -0.15) is 0 Å². The summed E-state index contributed by atoms with van der Waals surface area (Å²) >= 11 is 0. The van der Waals surface area contributed by atoms with Gasteiger partial charge in [-0.15, -0.1) is 13.2 Å². The summed E-state index contributed by atoms with van der Waals surface area (Å²) in [4.78, 5) is 23.1. The highest BCUT2D eigenvalue weighted by molar-refractivity contribution is 5.72. The summed E-state index contributed by atoms with van der Waals surface area (Å²) in [7, 11) is 0. The average Bonchev–Trinajstić information content (AvgIpc) is 2.59. The van der Waals surface area contributed by atoms with Crippen molar-refractivity contribution in [2.45, 2.75) is 64.8 Å². The molecule has 0 aliphatic carbocycles. The zero-order valence-electron chi connectivity index (χ0n) is 15.3. The van der Waals surface area contributed by atoms with E-state index < -0.39 is 12.3 Å². The minimum atomic E-state index is -4.75. The van der Waals surface area contributed by atoms with Gasteiger partial charge in [-0.25, -0.2) is 0 Å². The summed E-state index contributed by atoms with van der Waals surface area (Å²) in [5, 5.41) is 0. The summed E-state index contributed by atoms with van der Waals surface area (Å²) in [6.07, 6.45) is -0.112. The molecule has 0 aromatic heterocycles. The molecule has 1 aromatic rings. The average molecular weight is 390 g/mol. The number of unbranched alkanes of at least 4 members (excludes halogenated alkanes) is 3. The van der Waals surface area contributed by atoms with Gasteiger partial charge in [-0.1, -0.05) is 38.3 Å². The van der Waals surface area contributed by atoms with E-state index in [0.29, 0.717) is 18.6 Å². The minimum absolute atomic E-state index is 0.0625. The molecule has 1 aromatic carbocycles. The molecule has 8 heteroatoms. The standard InChI is InChI=1S/C19H25F3O5/c1-2-3-4-5-13-25-17(23)7-6-8-18(24)26-14-15-9-11-16(12-10-15)27-19(20,21)22/h9-12H,2-8,13-14H2,1H3. The summed E-state index contributed by atoms with van der Waals surface area (Å²) in [6, 6.07) is 5.05. The predicted molar refractivity (Wildman–Crippen MR) is 91.9 cm³/mol. The molecule has 0 saturated carbocycles. The van der Waals surface area contributed by atoms with Gasteiger partial charge >= 0.3 is 18.3 Å². The van der Waals surface area contributed by atoms with Gasteiger partial charge in [0, 0.05) is 12.8 Å². The summed E-state index contributed by atoms with van der Waals surface area (Å²) in [5.41, 5.74) is 0.532. The number of benzene rings is 1. The van der Waals surface area contributed by atoms with Crippen LogP contribution in [0.15, 0.2) is 24.3 Å². The maximum Gasteiger partial charge on any atom is 0.573 e. The van der Waals surface area contributed by atoms with Gasteiger partial charge < -0.3 is 14.2 Å². The van der Waals surface area contributed by atoms with E-state index >= 15 is 0 Å². The van der Waals surface area contributed by atoms with Crippen molar-refractivity contribution in [2.75, 3.05) is 6.61 Å². The molecule has 5 nitrogen and oxygen atoms in total. The molecule has 0 saturated heterocycles. The van der Waals surface area contributed by atoms with Gasteiger partial charge in [0.15, 0.2) is 0 Å². The fraction of sp³-hybridized carbons (Fsp3) is 0.579. The lowest BCUT2D eigenvalue weighted by Crippen LogP contribution is -2.17. The third kappa shape index (κ3) is 11.9. The molecule has 27 heavy (non-hydrogen) atoms. The van der Waals surface area contributed by atoms with E-state index in [1.807, 2.05) is 0 Å². The van der Waals surface area contributed by atoms with Gasteiger partial charge in [0.05, 0.1) is 6.61 Å². The Morgan fingerprint density at radius 2 is 1.52 bits per heavy atom. The van der Waals surface area contributed by atoms with Crippen LogP contribution in [0.4, 0.5) is 13.2 Å². The molecule has 0 aliphatic heterocycles. The first-order valence-electron chi connectivity index (χ1n) is 8.96. The first kappa shape index (κ1) is 22.8. The van der Waals surface area contributed by atoms with Crippen LogP contribution in [-0.2, 0) is 25.7 Å². The summed E-state index contributed by atoms with van der Waals surface area (Å²) in [6.45, 7) is 2.44. The maximum absolute atomic E-state index is 12.1. The molecular weight excluding hydrogens is 365 g/mol. The summed E-state index contributed by atoms with van der Waals surface area (Å²) in [5.74, 6) is -1.16. The Balaban J connectivity index is 2.15. The highest BCUT2D eigenvalue weighted by Gasteiger charge is 2.30. The Hall–Kier alpha value is -2.25. The maximum atomic E-state index is 12.1. The third-order valence-corrected chi connectivity index (χ3v) is 3.58. The Labute approximate surface area is 156 Å². The van der Waals surface area contributed by atoms with Gasteiger partial charge in [0.25, 0.3) is 0 Å². The number of alkyl halides is 3. The van der Waals surface area contributed by atoms with Crippen molar-refractivity contribution >= 4 is 11.9 Å². The SMILES string of the molecule is CCCCCCOC(=O)CCCC(=O)OCc1ccc(OC(F)(F)F)cc1. The molecule has 0 bridgehead atoms. The molecule has 0 spiro atoms. The van der Waals surface area contributed by atoms with Crippen molar-refractivity contribution in [1.29, 1.82) is 0 Å². The highest BCUT2D eigenvalue weighted by atomic mass is 19.4.